The van der Waals surface area contributed by atoms with Crippen molar-refractivity contribution in [3.8, 4) is 5.75 Å². The molecule has 0 spiro atoms. The Morgan fingerprint density at radius 2 is 1.81 bits per heavy atom. The molecular formula is C20H24BNO5. The van der Waals surface area contributed by atoms with Gasteiger partial charge in [-0.05, 0) is 47.8 Å². The summed E-state index contributed by atoms with van der Waals surface area (Å²) in [7, 11) is 0.458. The van der Waals surface area contributed by atoms with E-state index in [1.54, 1.807) is 31.3 Å². The second kappa shape index (κ2) is 6.50. The summed E-state index contributed by atoms with van der Waals surface area (Å²) in [6.07, 6.45) is 0.643. The number of amides is 2. The lowest BCUT2D eigenvalue weighted by atomic mass is 9.54. The van der Waals surface area contributed by atoms with E-state index in [-0.39, 0.29) is 35.3 Å². The number of fused-ring (bicyclic) bond motifs is 3. The van der Waals surface area contributed by atoms with Crippen LogP contribution in [-0.4, -0.2) is 41.0 Å². The van der Waals surface area contributed by atoms with Crippen molar-refractivity contribution < 1.29 is 24.4 Å². The first kappa shape index (κ1) is 18.3. The number of hydrogen-bond acceptors (Lipinski definition) is 5. The van der Waals surface area contributed by atoms with Crippen molar-refractivity contribution in [2.24, 2.45) is 23.7 Å². The summed E-state index contributed by atoms with van der Waals surface area (Å²) >= 11 is 0. The Bertz CT molecular complexity index is 818. The largest absolute Gasteiger partial charge is 0.508 e. The lowest BCUT2D eigenvalue weighted by Gasteiger charge is -2.43. The van der Waals surface area contributed by atoms with Gasteiger partial charge in [-0.15, -0.1) is 0 Å². The van der Waals surface area contributed by atoms with E-state index in [0.717, 1.165) is 16.6 Å². The molecule has 2 fully saturated rings. The quantitative estimate of drug-likeness (QED) is 0.616. The normalized spacial score (nSPS) is 30.9. The number of hydrogen-bond donors (Lipinski definition) is 2. The fourth-order valence-electron chi connectivity index (χ4n) is 4.96. The fourth-order valence-corrected chi connectivity index (χ4v) is 4.96. The molecule has 2 heterocycles. The number of allylic oxidation sites excluding steroid dienone is 2. The smallest absolute Gasteiger partial charge is 0.487 e. The van der Waals surface area contributed by atoms with Crippen LogP contribution in [0.3, 0.4) is 0 Å². The van der Waals surface area contributed by atoms with Gasteiger partial charge in [-0.2, -0.15) is 0 Å². The predicted octanol–water partition coefficient (Wildman–Crippen LogP) is 2.08. The zero-order valence-corrected chi connectivity index (χ0v) is 15.8. The van der Waals surface area contributed by atoms with Crippen LogP contribution in [0.5, 0.6) is 5.75 Å². The molecule has 1 aromatic rings. The highest BCUT2D eigenvalue weighted by Gasteiger charge is 2.57. The number of rotatable bonds is 2. The van der Waals surface area contributed by atoms with Crippen molar-refractivity contribution in [3.63, 3.8) is 0 Å². The summed E-state index contributed by atoms with van der Waals surface area (Å²) < 4.78 is 5.91. The second-order valence-corrected chi connectivity index (χ2v) is 8.12. The maximum absolute atomic E-state index is 12.8. The summed E-state index contributed by atoms with van der Waals surface area (Å²) in [4.78, 5) is 26.7. The van der Waals surface area contributed by atoms with Crippen LogP contribution in [0.2, 0.25) is 0 Å². The SMILES string of the molecule is CC(C)C1=C2B(O)O[C@H](c3ccc(O)cc3)C[C@H]2[C@H]2C(=O)N(C)C(=O)[C@H]2C1. The molecule has 27 heavy (non-hydrogen) atoms. The highest BCUT2D eigenvalue weighted by molar-refractivity contribution is 6.53. The molecule has 2 aliphatic heterocycles. The first-order valence-electron chi connectivity index (χ1n) is 9.46. The summed E-state index contributed by atoms with van der Waals surface area (Å²) in [5.41, 5.74) is 2.66. The van der Waals surface area contributed by atoms with E-state index < -0.39 is 19.1 Å². The molecule has 1 aromatic carbocycles. The van der Waals surface area contributed by atoms with Crippen LogP contribution >= 0.6 is 0 Å². The number of benzene rings is 1. The number of carbonyl (C=O) groups is 2. The Morgan fingerprint density at radius 1 is 1.15 bits per heavy atom. The van der Waals surface area contributed by atoms with Crippen LogP contribution in [0.1, 0.15) is 38.4 Å². The van der Waals surface area contributed by atoms with Crippen LogP contribution < -0.4 is 0 Å². The van der Waals surface area contributed by atoms with Crippen molar-refractivity contribution in [2.75, 3.05) is 7.05 Å². The fraction of sp³-hybridized carbons (Fsp3) is 0.500. The Kier molecular flexibility index (Phi) is 4.39. The minimum atomic E-state index is -1.09. The van der Waals surface area contributed by atoms with Crippen molar-refractivity contribution in [1.29, 1.82) is 0 Å². The average molecular weight is 369 g/mol. The number of phenols is 1. The molecule has 0 saturated carbocycles. The molecule has 0 bridgehead atoms. The molecule has 7 heteroatoms. The van der Waals surface area contributed by atoms with E-state index in [1.165, 1.54) is 4.90 Å². The highest BCUT2D eigenvalue weighted by Crippen LogP contribution is 2.52. The third kappa shape index (κ3) is 2.80. The summed E-state index contributed by atoms with van der Waals surface area (Å²) in [5.74, 6) is -0.949. The van der Waals surface area contributed by atoms with Crippen molar-refractivity contribution in [1.82, 2.24) is 4.90 Å². The highest BCUT2D eigenvalue weighted by atomic mass is 16.5. The van der Waals surface area contributed by atoms with Crippen LogP contribution in [0.4, 0.5) is 0 Å². The van der Waals surface area contributed by atoms with E-state index in [9.17, 15) is 19.7 Å². The van der Waals surface area contributed by atoms with Crippen LogP contribution in [0.25, 0.3) is 0 Å². The van der Waals surface area contributed by atoms with Crippen molar-refractivity contribution in [3.05, 3.63) is 40.9 Å². The third-order valence-electron chi connectivity index (χ3n) is 6.33. The molecule has 2 N–H and O–H groups in total. The zero-order valence-electron chi connectivity index (χ0n) is 15.8. The summed E-state index contributed by atoms with van der Waals surface area (Å²) in [6.45, 7) is 4.09. The Morgan fingerprint density at radius 3 is 2.44 bits per heavy atom. The van der Waals surface area contributed by atoms with E-state index >= 15 is 0 Å². The van der Waals surface area contributed by atoms with Crippen LogP contribution in [-0.2, 0) is 14.2 Å². The van der Waals surface area contributed by atoms with Gasteiger partial charge in [0.1, 0.15) is 5.75 Å². The van der Waals surface area contributed by atoms with Gasteiger partial charge < -0.3 is 14.8 Å². The molecule has 4 atom stereocenters. The van der Waals surface area contributed by atoms with Gasteiger partial charge in [0.15, 0.2) is 0 Å². The minimum Gasteiger partial charge on any atom is -0.508 e. The molecule has 0 radical (unpaired) electrons. The first-order chi connectivity index (χ1) is 12.8. The zero-order chi connectivity index (χ0) is 19.5. The van der Waals surface area contributed by atoms with E-state index in [1.807, 2.05) is 13.8 Å². The Balaban J connectivity index is 1.76. The molecule has 0 aromatic heterocycles. The van der Waals surface area contributed by atoms with Gasteiger partial charge in [0.25, 0.3) is 0 Å². The topological polar surface area (TPSA) is 87.1 Å². The van der Waals surface area contributed by atoms with Gasteiger partial charge in [-0.3, -0.25) is 14.5 Å². The number of nitrogens with zero attached hydrogens (tertiary/aromatic N) is 1. The van der Waals surface area contributed by atoms with Crippen LogP contribution in [0, 0.1) is 23.7 Å². The lowest BCUT2D eigenvalue weighted by Crippen LogP contribution is -2.45. The summed E-state index contributed by atoms with van der Waals surface area (Å²) in [5, 5.41) is 20.3. The standard InChI is InChI=1S/C20H24BNO5/c1-10(2)13-8-15-17(20(25)22(3)19(15)24)14-9-16(27-21(26)18(13)14)11-4-6-12(23)7-5-11/h4-7,10,14-17,23,26H,8-9H2,1-3H3/t14-,15-,16-,17+/m0/s1. The predicted molar refractivity (Wildman–Crippen MR) is 99.3 cm³/mol. The average Bonchev–Trinajstić information content (AvgIpc) is 2.85. The minimum absolute atomic E-state index is 0.121. The second-order valence-electron chi connectivity index (χ2n) is 8.12. The van der Waals surface area contributed by atoms with E-state index in [4.69, 9.17) is 4.65 Å². The Labute approximate surface area is 159 Å². The van der Waals surface area contributed by atoms with Gasteiger partial charge in [-0.25, -0.2) is 0 Å². The summed E-state index contributed by atoms with van der Waals surface area (Å²) in [6, 6.07) is 6.69. The van der Waals surface area contributed by atoms with Crippen LogP contribution in [0.15, 0.2) is 35.3 Å². The van der Waals surface area contributed by atoms with E-state index in [2.05, 4.69) is 0 Å². The van der Waals surface area contributed by atoms with Gasteiger partial charge in [-0.1, -0.05) is 31.6 Å². The van der Waals surface area contributed by atoms with Gasteiger partial charge in [0.2, 0.25) is 11.8 Å². The van der Waals surface area contributed by atoms with Gasteiger partial charge >= 0.3 is 7.12 Å². The van der Waals surface area contributed by atoms with Gasteiger partial charge in [0.05, 0.1) is 17.9 Å². The number of imide groups is 1. The molecular weight excluding hydrogens is 345 g/mol. The molecule has 2 saturated heterocycles. The maximum Gasteiger partial charge on any atom is 0.487 e. The van der Waals surface area contributed by atoms with Crippen molar-refractivity contribution in [2.45, 2.75) is 32.8 Å². The molecule has 2 amide bonds. The molecule has 3 aliphatic rings. The third-order valence-corrected chi connectivity index (χ3v) is 6.33. The number of aromatic hydroxyl groups is 1. The number of likely N-dealkylation sites (tertiary alicyclic amines) is 1. The molecule has 0 unspecified atom stereocenters. The first-order valence-corrected chi connectivity index (χ1v) is 9.46. The lowest BCUT2D eigenvalue weighted by molar-refractivity contribution is -0.138. The van der Waals surface area contributed by atoms with Gasteiger partial charge in [0, 0.05) is 7.05 Å². The monoisotopic (exact) mass is 369 g/mol. The maximum atomic E-state index is 12.8. The molecule has 1 aliphatic carbocycles. The Hall–Kier alpha value is -2.12. The van der Waals surface area contributed by atoms with Crippen molar-refractivity contribution >= 4 is 18.9 Å². The molecule has 142 valence electrons. The molecule has 4 rings (SSSR count). The number of phenolic OH excluding ortho intramolecular Hbond substituents is 1. The van der Waals surface area contributed by atoms with E-state index in [0.29, 0.717) is 12.8 Å². The molecule has 6 nitrogen and oxygen atoms in total. The number of carbonyl (C=O) groups excluding carboxylic acids is 2.